The van der Waals surface area contributed by atoms with Gasteiger partial charge in [-0.3, -0.25) is 9.80 Å². The second kappa shape index (κ2) is 9.11. The number of ether oxygens (including phenoxy) is 1. The molecule has 1 atom stereocenters. The molecule has 2 saturated heterocycles. The van der Waals surface area contributed by atoms with Gasteiger partial charge >= 0.3 is 6.03 Å². The van der Waals surface area contributed by atoms with Gasteiger partial charge in [-0.05, 0) is 5.92 Å². The number of piperazine rings is 1. The van der Waals surface area contributed by atoms with Crippen molar-refractivity contribution in [3.05, 3.63) is 0 Å². The number of urea groups is 1. The van der Waals surface area contributed by atoms with Crippen LogP contribution in [-0.4, -0.2) is 92.3 Å². The predicted molar refractivity (Wildman–Crippen MR) is 91.3 cm³/mol. The normalized spacial score (nSPS) is 23.7. The van der Waals surface area contributed by atoms with Gasteiger partial charge in [0.15, 0.2) is 0 Å². The van der Waals surface area contributed by atoms with Crippen LogP contribution in [0.4, 0.5) is 4.79 Å². The van der Waals surface area contributed by atoms with Gasteiger partial charge in [-0.1, -0.05) is 19.8 Å². The summed E-state index contributed by atoms with van der Waals surface area (Å²) in [5, 5.41) is 3.02. The summed E-state index contributed by atoms with van der Waals surface area (Å²) in [5.41, 5.74) is 0. The van der Waals surface area contributed by atoms with Gasteiger partial charge in [0.1, 0.15) is 0 Å². The van der Waals surface area contributed by atoms with E-state index >= 15 is 0 Å². The quantitative estimate of drug-likeness (QED) is 0.740. The third kappa shape index (κ3) is 6.02. The van der Waals surface area contributed by atoms with Crippen molar-refractivity contribution in [2.24, 2.45) is 5.92 Å². The van der Waals surface area contributed by atoms with E-state index < -0.39 is 0 Å². The first-order valence-electron chi connectivity index (χ1n) is 8.61. The molecule has 2 aliphatic heterocycles. The van der Waals surface area contributed by atoms with Gasteiger partial charge in [0.05, 0.1) is 19.3 Å². The van der Waals surface area contributed by atoms with E-state index in [1.54, 1.807) is 0 Å². The van der Waals surface area contributed by atoms with Crippen LogP contribution >= 0.6 is 0 Å². The molecule has 0 aromatic rings. The summed E-state index contributed by atoms with van der Waals surface area (Å²) in [4.78, 5) is 18.7. The van der Waals surface area contributed by atoms with Crippen molar-refractivity contribution in [1.29, 1.82) is 0 Å². The molecule has 130 valence electrons. The molecule has 2 rings (SSSR count). The highest BCUT2D eigenvalue weighted by molar-refractivity contribution is 5.74. The second-order valence-corrected chi connectivity index (χ2v) is 6.80. The molecule has 6 heteroatoms. The molecule has 0 aromatic carbocycles. The zero-order chi connectivity index (χ0) is 16.7. The van der Waals surface area contributed by atoms with E-state index in [1.165, 1.54) is 0 Å². The fraction of sp³-hybridized carbons (Fsp3) is 0.824. The number of carbonyl (C=O) groups excluding carboxylic acids is 1. The van der Waals surface area contributed by atoms with Gasteiger partial charge < -0.3 is 15.0 Å². The molecule has 0 spiro atoms. The molecule has 2 aliphatic rings. The summed E-state index contributed by atoms with van der Waals surface area (Å²) in [5.74, 6) is 3.31. The molecule has 0 radical (unpaired) electrons. The first-order valence-corrected chi connectivity index (χ1v) is 8.61. The van der Waals surface area contributed by atoms with Crippen molar-refractivity contribution in [1.82, 2.24) is 20.0 Å². The molecule has 6 nitrogen and oxygen atoms in total. The van der Waals surface area contributed by atoms with E-state index in [9.17, 15) is 4.79 Å². The number of rotatable bonds is 5. The van der Waals surface area contributed by atoms with Crippen molar-refractivity contribution >= 4 is 6.03 Å². The van der Waals surface area contributed by atoms with E-state index in [1.807, 2.05) is 4.90 Å². The first-order chi connectivity index (χ1) is 11.1. The number of nitrogens with one attached hydrogen (secondary N) is 1. The number of hydrogen-bond acceptors (Lipinski definition) is 4. The van der Waals surface area contributed by atoms with Crippen molar-refractivity contribution in [2.75, 3.05) is 65.5 Å². The number of hydrogen-bond donors (Lipinski definition) is 1. The van der Waals surface area contributed by atoms with Crippen molar-refractivity contribution in [2.45, 2.75) is 20.0 Å². The zero-order valence-corrected chi connectivity index (χ0v) is 14.5. The maximum atomic E-state index is 12.3. The number of nitrogens with zero attached hydrogens (tertiary/aromatic N) is 3. The van der Waals surface area contributed by atoms with E-state index in [4.69, 9.17) is 11.2 Å². The molecule has 0 bridgehead atoms. The molecule has 0 saturated carbocycles. The van der Waals surface area contributed by atoms with E-state index in [-0.39, 0.29) is 12.1 Å². The number of amides is 2. The standard InChI is InChI=1S/C17H30N4O2/c1-4-5-19-6-8-21(9-7-19)17(22)18-12-16-14-20(10-11-23-16)13-15(2)3/h1,15-16H,5-14H2,2-3H3,(H,18,22)/t16-/m1/s1. The molecule has 1 N–H and O–H groups in total. The van der Waals surface area contributed by atoms with E-state index in [0.717, 1.165) is 52.4 Å². The second-order valence-electron chi connectivity index (χ2n) is 6.80. The van der Waals surface area contributed by atoms with Gasteiger partial charge in [0.2, 0.25) is 0 Å². The molecular formula is C17H30N4O2. The zero-order valence-electron chi connectivity index (χ0n) is 14.5. The lowest BCUT2D eigenvalue weighted by atomic mass is 10.2. The van der Waals surface area contributed by atoms with Crippen LogP contribution in [0.25, 0.3) is 0 Å². The molecule has 0 aromatic heterocycles. The van der Waals surface area contributed by atoms with Gasteiger partial charge in [0, 0.05) is 52.4 Å². The fourth-order valence-electron chi connectivity index (χ4n) is 3.14. The minimum absolute atomic E-state index is 0.00920. The van der Waals surface area contributed by atoms with E-state index in [2.05, 4.69) is 34.9 Å². The minimum Gasteiger partial charge on any atom is -0.374 e. The Morgan fingerprint density at radius 1 is 1.26 bits per heavy atom. The third-order valence-electron chi connectivity index (χ3n) is 4.30. The Kier molecular flexibility index (Phi) is 7.15. The Hall–Kier alpha value is -1.29. The van der Waals surface area contributed by atoms with Crippen molar-refractivity contribution in [3.63, 3.8) is 0 Å². The Bertz CT molecular complexity index is 413. The Morgan fingerprint density at radius 2 is 2.00 bits per heavy atom. The molecule has 2 amide bonds. The minimum atomic E-state index is 0.00920. The lowest BCUT2D eigenvalue weighted by Crippen LogP contribution is -2.54. The monoisotopic (exact) mass is 322 g/mol. The van der Waals surface area contributed by atoms with Gasteiger partial charge in [-0.25, -0.2) is 4.79 Å². The summed E-state index contributed by atoms with van der Waals surface area (Å²) >= 11 is 0. The molecule has 2 heterocycles. The van der Waals surface area contributed by atoms with Crippen LogP contribution in [-0.2, 0) is 4.74 Å². The van der Waals surface area contributed by atoms with Gasteiger partial charge in [-0.15, -0.1) is 6.42 Å². The highest BCUT2D eigenvalue weighted by Crippen LogP contribution is 2.08. The summed E-state index contributed by atoms with van der Waals surface area (Å²) in [7, 11) is 0. The predicted octanol–water partition coefficient (Wildman–Crippen LogP) is 0.304. The Balaban J connectivity index is 1.67. The summed E-state index contributed by atoms with van der Waals surface area (Å²) < 4.78 is 5.77. The van der Waals surface area contributed by atoms with Crippen LogP contribution in [0.2, 0.25) is 0 Å². The van der Waals surface area contributed by atoms with Crippen LogP contribution in [0.1, 0.15) is 13.8 Å². The Morgan fingerprint density at radius 3 is 2.65 bits per heavy atom. The molecule has 23 heavy (non-hydrogen) atoms. The summed E-state index contributed by atoms with van der Waals surface area (Å²) in [6.07, 6.45) is 5.41. The number of carbonyl (C=O) groups is 1. The van der Waals surface area contributed by atoms with Crippen LogP contribution < -0.4 is 5.32 Å². The summed E-state index contributed by atoms with van der Waals surface area (Å²) in [6.45, 7) is 12.6. The topological polar surface area (TPSA) is 48.0 Å². The molecule has 0 aliphatic carbocycles. The average molecular weight is 322 g/mol. The van der Waals surface area contributed by atoms with Gasteiger partial charge in [0.25, 0.3) is 0 Å². The van der Waals surface area contributed by atoms with E-state index in [0.29, 0.717) is 19.0 Å². The third-order valence-corrected chi connectivity index (χ3v) is 4.30. The van der Waals surface area contributed by atoms with Crippen LogP contribution in [0.3, 0.4) is 0 Å². The maximum absolute atomic E-state index is 12.3. The SMILES string of the molecule is C#CCN1CCN(C(=O)NC[C@@H]2CN(CC(C)C)CCO2)CC1. The van der Waals surface area contributed by atoms with Crippen molar-refractivity contribution in [3.8, 4) is 12.3 Å². The molecule has 0 unspecified atom stereocenters. The average Bonchev–Trinajstić information content (AvgIpc) is 2.53. The van der Waals surface area contributed by atoms with Gasteiger partial charge in [-0.2, -0.15) is 0 Å². The maximum Gasteiger partial charge on any atom is 0.317 e. The largest absolute Gasteiger partial charge is 0.374 e. The van der Waals surface area contributed by atoms with Crippen LogP contribution in [0.15, 0.2) is 0 Å². The molecular weight excluding hydrogens is 292 g/mol. The van der Waals surface area contributed by atoms with Crippen LogP contribution in [0, 0.1) is 18.3 Å². The van der Waals surface area contributed by atoms with Crippen molar-refractivity contribution < 1.29 is 9.53 Å². The lowest BCUT2D eigenvalue weighted by molar-refractivity contribution is -0.0295. The molecule has 2 fully saturated rings. The number of morpholine rings is 1. The van der Waals surface area contributed by atoms with Crippen LogP contribution in [0.5, 0.6) is 0 Å². The highest BCUT2D eigenvalue weighted by atomic mass is 16.5. The Labute approximate surface area is 140 Å². The number of terminal acetylenes is 1. The first kappa shape index (κ1) is 18.1. The smallest absolute Gasteiger partial charge is 0.317 e. The fourth-order valence-corrected chi connectivity index (χ4v) is 3.14. The lowest BCUT2D eigenvalue weighted by Gasteiger charge is -2.36. The highest BCUT2D eigenvalue weighted by Gasteiger charge is 2.24. The summed E-state index contributed by atoms with van der Waals surface area (Å²) in [6, 6.07) is 0.00920.